The van der Waals surface area contributed by atoms with Crippen LogP contribution in [0.5, 0.6) is 5.75 Å². The molecule has 2 aromatic rings. The van der Waals surface area contributed by atoms with Crippen molar-refractivity contribution < 1.29 is 24.1 Å². The number of carbonyl (C=O) groups is 1. The number of hydrogen-bond donors (Lipinski definition) is 1. The molecular weight excluding hydrogens is 376 g/mol. The lowest BCUT2D eigenvalue weighted by atomic mass is 10.1. The molecule has 152 valence electrons. The van der Waals surface area contributed by atoms with Gasteiger partial charge in [-0.15, -0.1) is 11.8 Å². The highest BCUT2D eigenvalue weighted by Crippen LogP contribution is 2.39. The minimum absolute atomic E-state index is 0.0411. The van der Waals surface area contributed by atoms with Gasteiger partial charge < -0.3 is 19.3 Å². The van der Waals surface area contributed by atoms with Crippen LogP contribution >= 0.6 is 11.8 Å². The van der Waals surface area contributed by atoms with Crippen LogP contribution in [0.2, 0.25) is 0 Å². The van der Waals surface area contributed by atoms with Gasteiger partial charge in [0.1, 0.15) is 12.4 Å². The normalized spacial score (nSPS) is 13.0. The minimum Gasteiger partial charge on any atom is -0.497 e. The second-order valence-corrected chi connectivity index (χ2v) is 7.50. The first kappa shape index (κ1) is 22.3. The van der Waals surface area contributed by atoms with Crippen molar-refractivity contribution in [3.05, 3.63) is 60.2 Å². The summed E-state index contributed by atoms with van der Waals surface area (Å²) in [4.78, 5) is 12.6. The third kappa shape index (κ3) is 7.54. The Labute approximate surface area is 171 Å². The van der Waals surface area contributed by atoms with E-state index in [2.05, 4.69) is 0 Å². The van der Waals surface area contributed by atoms with Crippen LogP contribution in [0.3, 0.4) is 0 Å². The van der Waals surface area contributed by atoms with Crippen LogP contribution in [-0.2, 0) is 14.3 Å². The number of hydrogen-bond acceptors (Lipinski definition) is 6. The largest absolute Gasteiger partial charge is 0.497 e. The SMILES string of the molecule is CCCCOC(=O)COCC(O)C(Sc1cccc(OC)c1)c1ccccc1. The predicted octanol–water partition coefficient (Wildman–Crippen LogP) is 4.25. The Balaban J connectivity index is 1.98. The Morgan fingerprint density at radius 1 is 1.14 bits per heavy atom. The molecule has 0 saturated carbocycles. The van der Waals surface area contributed by atoms with Crippen molar-refractivity contribution in [1.29, 1.82) is 0 Å². The van der Waals surface area contributed by atoms with E-state index in [-0.39, 0.29) is 18.5 Å². The van der Waals surface area contributed by atoms with Gasteiger partial charge in [-0.05, 0) is 30.2 Å². The monoisotopic (exact) mass is 404 g/mol. The fourth-order valence-corrected chi connectivity index (χ4v) is 3.72. The van der Waals surface area contributed by atoms with Crippen LogP contribution in [-0.4, -0.2) is 44.1 Å². The van der Waals surface area contributed by atoms with E-state index in [9.17, 15) is 9.90 Å². The summed E-state index contributed by atoms with van der Waals surface area (Å²) in [6, 6.07) is 17.5. The van der Waals surface area contributed by atoms with E-state index in [0.29, 0.717) is 6.61 Å². The van der Waals surface area contributed by atoms with E-state index in [0.717, 1.165) is 29.1 Å². The molecule has 0 aliphatic carbocycles. The molecule has 28 heavy (non-hydrogen) atoms. The number of esters is 1. The average Bonchev–Trinajstić information content (AvgIpc) is 2.73. The van der Waals surface area contributed by atoms with Gasteiger partial charge in [-0.25, -0.2) is 4.79 Å². The predicted molar refractivity (Wildman–Crippen MR) is 111 cm³/mol. The number of carbonyl (C=O) groups excluding carboxylic acids is 1. The molecule has 0 spiro atoms. The maximum Gasteiger partial charge on any atom is 0.332 e. The third-order valence-electron chi connectivity index (χ3n) is 4.05. The molecule has 1 N–H and O–H groups in total. The highest BCUT2D eigenvalue weighted by Gasteiger charge is 2.23. The van der Waals surface area contributed by atoms with Crippen LogP contribution in [0.4, 0.5) is 0 Å². The summed E-state index contributed by atoms with van der Waals surface area (Å²) in [5, 5.41) is 10.5. The molecule has 0 aromatic heterocycles. The lowest BCUT2D eigenvalue weighted by Crippen LogP contribution is -2.25. The van der Waals surface area contributed by atoms with Crippen molar-refractivity contribution in [3.8, 4) is 5.75 Å². The maximum absolute atomic E-state index is 11.7. The van der Waals surface area contributed by atoms with Crippen molar-refractivity contribution in [3.63, 3.8) is 0 Å². The minimum atomic E-state index is -0.790. The van der Waals surface area contributed by atoms with Crippen LogP contribution in [0, 0.1) is 0 Å². The van der Waals surface area contributed by atoms with E-state index >= 15 is 0 Å². The van der Waals surface area contributed by atoms with E-state index < -0.39 is 12.1 Å². The summed E-state index contributed by atoms with van der Waals surface area (Å²) < 4.78 is 15.8. The summed E-state index contributed by atoms with van der Waals surface area (Å²) in [6.45, 7) is 2.31. The Bertz CT molecular complexity index is 707. The first-order chi connectivity index (χ1) is 13.6. The van der Waals surface area contributed by atoms with Crippen molar-refractivity contribution in [2.45, 2.75) is 36.0 Å². The van der Waals surface area contributed by atoms with Gasteiger partial charge in [-0.1, -0.05) is 49.7 Å². The third-order valence-corrected chi connectivity index (χ3v) is 5.42. The molecule has 2 rings (SSSR count). The molecule has 0 radical (unpaired) electrons. The Morgan fingerprint density at radius 2 is 1.93 bits per heavy atom. The summed E-state index contributed by atoms with van der Waals surface area (Å²) in [5.41, 5.74) is 0.983. The van der Waals surface area contributed by atoms with E-state index in [1.807, 2.05) is 61.5 Å². The number of aliphatic hydroxyl groups excluding tert-OH is 1. The van der Waals surface area contributed by atoms with Crippen LogP contribution in [0.15, 0.2) is 59.5 Å². The maximum atomic E-state index is 11.7. The van der Waals surface area contributed by atoms with Gasteiger partial charge >= 0.3 is 5.97 Å². The number of aliphatic hydroxyl groups is 1. The summed E-state index contributed by atoms with van der Waals surface area (Å²) in [5.74, 6) is 0.356. The van der Waals surface area contributed by atoms with E-state index in [1.165, 1.54) is 11.8 Å². The van der Waals surface area contributed by atoms with Gasteiger partial charge in [0, 0.05) is 4.90 Å². The van der Waals surface area contributed by atoms with Crippen molar-refractivity contribution in [1.82, 2.24) is 0 Å². The van der Waals surface area contributed by atoms with Gasteiger partial charge in [0.05, 0.1) is 31.7 Å². The molecule has 2 atom stereocenters. The lowest BCUT2D eigenvalue weighted by Gasteiger charge is -2.23. The molecule has 0 aliphatic heterocycles. The van der Waals surface area contributed by atoms with Gasteiger partial charge in [-0.3, -0.25) is 0 Å². The molecular formula is C22H28O5S. The number of thioether (sulfide) groups is 1. The number of methoxy groups -OCH3 is 1. The molecule has 0 aliphatic rings. The van der Waals surface area contributed by atoms with E-state index in [1.54, 1.807) is 7.11 Å². The van der Waals surface area contributed by atoms with Crippen molar-refractivity contribution in [2.24, 2.45) is 0 Å². The lowest BCUT2D eigenvalue weighted by molar-refractivity contribution is -0.150. The molecule has 0 heterocycles. The highest BCUT2D eigenvalue weighted by atomic mass is 32.2. The zero-order valence-corrected chi connectivity index (χ0v) is 17.2. The number of benzene rings is 2. The Kier molecular flexibility index (Phi) is 9.90. The molecule has 0 saturated heterocycles. The van der Waals surface area contributed by atoms with Crippen LogP contribution in [0.25, 0.3) is 0 Å². The summed E-state index contributed by atoms with van der Waals surface area (Å²) in [6.07, 6.45) is 1.01. The molecule has 0 fully saturated rings. The topological polar surface area (TPSA) is 65.0 Å². The molecule has 0 bridgehead atoms. The molecule has 6 heteroatoms. The molecule has 2 aromatic carbocycles. The second-order valence-electron chi connectivity index (χ2n) is 6.28. The quantitative estimate of drug-likeness (QED) is 0.324. The van der Waals surface area contributed by atoms with Crippen molar-refractivity contribution in [2.75, 3.05) is 26.9 Å². The van der Waals surface area contributed by atoms with Gasteiger partial charge in [0.25, 0.3) is 0 Å². The van der Waals surface area contributed by atoms with Gasteiger partial charge in [0.2, 0.25) is 0 Å². The smallest absolute Gasteiger partial charge is 0.332 e. The fourth-order valence-electron chi connectivity index (χ4n) is 2.55. The first-order valence-corrected chi connectivity index (χ1v) is 10.3. The number of ether oxygens (including phenoxy) is 3. The number of rotatable bonds is 12. The van der Waals surface area contributed by atoms with Gasteiger partial charge in [-0.2, -0.15) is 0 Å². The summed E-state index contributed by atoms with van der Waals surface area (Å²) in [7, 11) is 1.63. The fraction of sp³-hybridized carbons (Fsp3) is 0.409. The highest BCUT2D eigenvalue weighted by molar-refractivity contribution is 7.99. The standard InChI is InChI=1S/C22H28O5S/c1-3-4-13-27-21(24)16-26-15-20(23)22(17-9-6-5-7-10-17)28-19-12-8-11-18(14-19)25-2/h5-12,14,20,22-23H,3-4,13,15-16H2,1-2H3. The zero-order valence-electron chi connectivity index (χ0n) is 16.4. The Morgan fingerprint density at radius 3 is 2.64 bits per heavy atom. The number of unbranched alkanes of at least 4 members (excludes halogenated alkanes) is 1. The van der Waals surface area contributed by atoms with Crippen LogP contribution in [0.1, 0.15) is 30.6 Å². The Hall–Kier alpha value is -2.02. The molecule has 0 amide bonds. The van der Waals surface area contributed by atoms with Crippen molar-refractivity contribution >= 4 is 17.7 Å². The van der Waals surface area contributed by atoms with Gasteiger partial charge in [0.15, 0.2) is 0 Å². The van der Waals surface area contributed by atoms with Crippen LogP contribution < -0.4 is 4.74 Å². The molecule has 5 nitrogen and oxygen atoms in total. The first-order valence-electron chi connectivity index (χ1n) is 9.41. The zero-order chi connectivity index (χ0) is 20.2. The average molecular weight is 405 g/mol. The molecule has 2 unspecified atom stereocenters. The second kappa shape index (κ2) is 12.4. The van der Waals surface area contributed by atoms with E-state index in [4.69, 9.17) is 14.2 Å². The summed E-state index contributed by atoms with van der Waals surface area (Å²) >= 11 is 1.53.